The standard InChI is InChI=1S/C23H21FN2O4S/c1-3-22(18-12-10-17(11-13-18)20-6-4-5-7-21(20)24)25-30-23(27)26-31(28,29)19-14-8-16(2)9-15-19/h4-15H,3H2,1-2H3,(H,26,27)/b25-22+. The predicted molar refractivity (Wildman–Crippen MR) is 117 cm³/mol. The third-order valence-electron chi connectivity index (χ3n) is 4.53. The maximum absolute atomic E-state index is 14.0. The maximum Gasteiger partial charge on any atom is 0.447 e. The van der Waals surface area contributed by atoms with Gasteiger partial charge in [0.15, 0.2) is 0 Å². The van der Waals surface area contributed by atoms with Gasteiger partial charge in [-0.15, -0.1) is 0 Å². The van der Waals surface area contributed by atoms with Gasteiger partial charge in [-0.3, -0.25) is 4.84 Å². The van der Waals surface area contributed by atoms with Gasteiger partial charge in [-0.25, -0.2) is 22.3 Å². The summed E-state index contributed by atoms with van der Waals surface area (Å²) in [6, 6.07) is 19.4. The first-order valence-electron chi connectivity index (χ1n) is 9.53. The van der Waals surface area contributed by atoms with Gasteiger partial charge in [0.05, 0.1) is 10.6 Å². The molecule has 0 bridgehead atoms. The van der Waals surface area contributed by atoms with Crippen molar-refractivity contribution in [1.82, 2.24) is 4.72 Å². The molecule has 6 nitrogen and oxygen atoms in total. The Balaban J connectivity index is 1.71. The first-order valence-corrected chi connectivity index (χ1v) is 11.0. The number of hydrogen-bond donors (Lipinski definition) is 1. The summed E-state index contributed by atoms with van der Waals surface area (Å²) in [5.41, 5.74) is 3.15. The largest absolute Gasteiger partial charge is 0.447 e. The third kappa shape index (κ3) is 5.55. The average molecular weight is 440 g/mol. The number of halogens is 1. The first-order chi connectivity index (χ1) is 14.8. The van der Waals surface area contributed by atoms with E-state index in [-0.39, 0.29) is 10.7 Å². The second-order valence-electron chi connectivity index (χ2n) is 6.75. The molecule has 0 radical (unpaired) electrons. The molecule has 0 fully saturated rings. The Morgan fingerprint density at radius 2 is 1.65 bits per heavy atom. The normalized spacial score (nSPS) is 11.8. The van der Waals surface area contributed by atoms with Gasteiger partial charge in [0.25, 0.3) is 10.0 Å². The Bertz CT molecular complexity index is 1210. The van der Waals surface area contributed by atoms with Crippen LogP contribution in [0.1, 0.15) is 24.5 Å². The Morgan fingerprint density at radius 1 is 1.00 bits per heavy atom. The van der Waals surface area contributed by atoms with Crippen LogP contribution in [-0.4, -0.2) is 20.2 Å². The highest BCUT2D eigenvalue weighted by atomic mass is 32.2. The summed E-state index contributed by atoms with van der Waals surface area (Å²) in [6.45, 7) is 3.63. The van der Waals surface area contributed by atoms with E-state index < -0.39 is 16.1 Å². The van der Waals surface area contributed by atoms with Gasteiger partial charge in [-0.1, -0.05) is 72.2 Å². The number of hydrogen-bond acceptors (Lipinski definition) is 5. The molecule has 3 aromatic rings. The first kappa shape index (κ1) is 22.2. The highest BCUT2D eigenvalue weighted by Crippen LogP contribution is 2.23. The lowest BCUT2D eigenvalue weighted by molar-refractivity contribution is 0.157. The topological polar surface area (TPSA) is 84.8 Å². The number of nitrogens with one attached hydrogen (secondary N) is 1. The molecule has 0 aliphatic carbocycles. The molecule has 0 saturated carbocycles. The van der Waals surface area contributed by atoms with Crippen molar-refractivity contribution in [3.63, 3.8) is 0 Å². The number of nitrogens with zero attached hydrogens (tertiary/aromatic N) is 1. The maximum atomic E-state index is 14.0. The van der Waals surface area contributed by atoms with E-state index >= 15 is 0 Å². The van der Waals surface area contributed by atoms with Gasteiger partial charge in [-0.2, -0.15) is 0 Å². The number of sulfonamides is 1. The molecule has 0 aliphatic heterocycles. The van der Waals surface area contributed by atoms with Crippen LogP contribution >= 0.6 is 0 Å². The lowest BCUT2D eigenvalue weighted by Gasteiger charge is -2.08. The quantitative estimate of drug-likeness (QED) is 0.331. The van der Waals surface area contributed by atoms with Crippen LogP contribution in [0.2, 0.25) is 0 Å². The fraction of sp³-hybridized carbons (Fsp3) is 0.130. The molecule has 160 valence electrons. The Morgan fingerprint density at radius 3 is 2.26 bits per heavy atom. The lowest BCUT2D eigenvalue weighted by atomic mass is 10.0. The molecule has 3 aromatic carbocycles. The summed E-state index contributed by atoms with van der Waals surface area (Å²) < 4.78 is 40.3. The van der Waals surface area contributed by atoms with Crippen LogP contribution in [-0.2, 0) is 14.9 Å². The van der Waals surface area contributed by atoms with Gasteiger partial charge in [0.2, 0.25) is 0 Å². The molecule has 31 heavy (non-hydrogen) atoms. The number of oxime groups is 1. The number of benzene rings is 3. The molecule has 0 aliphatic rings. The fourth-order valence-electron chi connectivity index (χ4n) is 2.86. The molecule has 0 unspecified atom stereocenters. The van der Waals surface area contributed by atoms with Crippen LogP contribution in [0.5, 0.6) is 0 Å². The molecule has 0 spiro atoms. The van der Waals surface area contributed by atoms with E-state index in [4.69, 9.17) is 4.84 Å². The minimum Gasteiger partial charge on any atom is -0.297 e. The molecule has 0 atom stereocenters. The number of aryl methyl sites for hydroxylation is 1. The number of amides is 1. The minimum absolute atomic E-state index is 0.0570. The molecule has 1 N–H and O–H groups in total. The van der Waals surface area contributed by atoms with Crippen LogP contribution < -0.4 is 4.72 Å². The molecular formula is C23H21FN2O4S. The van der Waals surface area contributed by atoms with Gasteiger partial charge in [0.1, 0.15) is 5.82 Å². The van der Waals surface area contributed by atoms with Crippen molar-refractivity contribution in [3.8, 4) is 11.1 Å². The van der Waals surface area contributed by atoms with E-state index in [0.717, 1.165) is 5.56 Å². The SMILES string of the molecule is CC/C(=N\OC(=O)NS(=O)(=O)c1ccc(C)cc1)c1ccc(-c2ccccc2F)cc1. The second-order valence-corrected chi connectivity index (χ2v) is 8.43. The van der Waals surface area contributed by atoms with Crippen LogP contribution in [0.15, 0.2) is 82.8 Å². The highest BCUT2D eigenvalue weighted by Gasteiger charge is 2.19. The predicted octanol–water partition coefficient (Wildman–Crippen LogP) is 5.03. The number of carbonyl (C=O) groups is 1. The van der Waals surface area contributed by atoms with Crippen molar-refractivity contribution in [2.24, 2.45) is 5.16 Å². The van der Waals surface area contributed by atoms with Crippen molar-refractivity contribution in [2.45, 2.75) is 25.2 Å². The van der Waals surface area contributed by atoms with Crippen LogP contribution in [0.25, 0.3) is 11.1 Å². The lowest BCUT2D eigenvalue weighted by Crippen LogP contribution is -2.30. The zero-order valence-corrected chi connectivity index (χ0v) is 17.8. The molecular weight excluding hydrogens is 419 g/mol. The van der Waals surface area contributed by atoms with Gasteiger partial charge in [0, 0.05) is 5.56 Å². The minimum atomic E-state index is -4.07. The number of carbonyl (C=O) groups excluding carboxylic acids is 1. The fourth-order valence-corrected chi connectivity index (χ4v) is 3.73. The monoisotopic (exact) mass is 440 g/mol. The Labute approximate surface area is 180 Å². The van der Waals surface area contributed by atoms with E-state index in [1.165, 1.54) is 18.2 Å². The van der Waals surface area contributed by atoms with Crippen LogP contribution in [0, 0.1) is 12.7 Å². The van der Waals surface area contributed by atoms with E-state index in [9.17, 15) is 17.6 Å². The summed E-state index contributed by atoms with van der Waals surface area (Å²) in [6.07, 6.45) is -0.786. The molecule has 8 heteroatoms. The van der Waals surface area contributed by atoms with Crippen molar-refractivity contribution in [3.05, 3.63) is 89.7 Å². The Kier molecular flexibility index (Phi) is 6.81. The van der Waals surface area contributed by atoms with E-state index in [0.29, 0.717) is 28.8 Å². The number of rotatable bonds is 6. The second kappa shape index (κ2) is 9.53. The summed E-state index contributed by atoms with van der Waals surface area (Å²) in [5.74, 6) is -0.325. The molecule has 1 amide bonds. The van der Waals surface area contributed by atoms with Crippen LogP contribution in [0.4, 0.5) is 9.18 Å². The molecule has 0 heterocycles. The Hall–Kier alpha value is -3.52. The highest BCUT2D eigenvalue weighted by molar-refractivity contribution is 7.90. The zero-order chi connectivity index (χ0) is 22.4. The summed E-state index contributed by atoms with van der Waals surface area (Å²) >= 11 is 0. The van der Waals surface area contributed by atoms with Crippen molar-refractivity contribution >= 4 is 21.8 Å². The third-order valence-corrected chi connectivity index (χ3v) is 5.85. The van der Waals surface area contributed by atoms with E-state index in [2.05, 4.69) is 5.16 Å². The van der Waals surface area contributed by atoms with Crippen molar-refractivity contribution < 1.29 is 22.4 Å². The van der Waals surface area contributed by atoms with Crippen molar-refractivity contribution in [1.29, 1.82) is 0 Å². The van der Waals surface area contributed by atoms with E-state index in [1.807, 2.05) is 18.6 Å². The molecule has 0 aromatic heterocycles. The zero-order valence-electron chi connectivity index (χ0n) is 17.0. The van der Waals surface area contributed by atoms with Crippen molar-refractivity contribution in [2.75, 3.05) is 0 Å². The smallest absolute Gasteiger partial charge is 0.297 e. The van der Waals surface area contributed by atoms with Gasteiger partial charge >= 0.3 is 6.09 Å². The summed E-state index contributed by atoms with van der Waals surface area (Å²) in [5, 5.41) is 3.79. The van der Waals surface area contributed by atoms with Gasteiger partial charge < -0.3 is 0 Å². The van der Waals surface area contributed by atoms with Gasteiger partial charge in [-0.05, 0) is 42.7 Å². The van der Waals surface area contributed by atoms with Crippen LogP contribution in [0.3, 0.4) is 0 Å². The molecule has 3 rings (SSSR count). The average Bonchev–Trinajstić information content (AvgIpc) is 2.75. The van der Waals surface area contributed by atoms with E-state index in [1.54, 1.807) is 54.6 Å². The summed E-state index contributed by atoms with van der Waals surface area (Å²) in [7, 11) is -4.07. The summed E-state index contributed by atoms with van der Waals surface area (Å²) in [4.78, 5) is 16.7. The molecule has 0 saturated heterocycles.